The van der Waals surface area contributed by atoms with Gasteiger partial charge >= 0.3 is 5.97 Å². The Kier molecular flexibility index (Phi) is 7.93. The molecule has 14 heavy (non-hydrogen) atoms. The zero-order chi connectivity index (χ0) is 10.8. The molecule has 0 aromatic heterocycles. The van der Waals surface area contributed by atoms with E-state index in [4.69, 9.17) is 14.2 Å². The molecular formula is C10H18O4. The fourth-order valence-electron chi connectivity index (χ4n) is 0.728. The first-order chi connectivity index (χ1) is 6.72. The van der Waals surface area contributed by atoms with E-state index in [0.717, 1.165) is 0 Å². The first-order valence-corrected chi connectivity index (χ1v) is 4.75. The van der Waals surface area contributed by atoms with E-state index in [-0.39, 0.29) is 5.97 Å². The lowest BCUT2D eigenvalue weighted by Gasteiger charge is -2.03. The van der Waals surface area contributed by atoms with Crippen LogP contribution in [0.15, 0.2) is 11.8 Å². The van der Waals surface area contributed by atoms with E-state index >= 15 is 0 Å². The molecular weight excluding hydrogens is 184 g/mol. The lowest BCUT2D eigenvalue weighted by atomic mass is 10.3. The third-order valence-corrected chi connectivity index (χ3v) is 1.41. The molecule has 0 unspecified atom stereocenters. The summed E-state index contributed by atoms with van der Waals surface area (Å²) in [6.07, 6.45) is 1.40. The molecule has 4 nitrogen and oxygen atoms in total. The number of esters is 1. The molecule has 4 heteroatoms. The average Bonchev–Trinajstić information content (AvgIpc) is 2.17. The van der Waals surface area contributed by atoms with Gasteiger partial charge in [0.05, 0.1) is 25.0 Å². The van der Waals surface area contributed by atoms with Crippen molar-refractivity contribution in [2.24, 2.45) is 0 Å². The highest BCUT2D eigenvalue weighted by Crippen LogP contribution is 1.96. The van der Waals surface area contributed by atoms with Crippen LogP contribution in [-0.4, -0.2) is 32.4 Å². The van der Waals surface area contributed by atoms with Crippen molar-refractivity contribution in [3.8, 4) is 0 Å². The van der Waals surface area contributed by atoms with Crippen molar-refractivity contribution in [1.82, 2.24) is 0 Å². The minimum Gasteiger partial charge on any atom is -0.498 e. The second-order valence-corrected chi connectivity index (χ2v) is 2.59. The Morgan fingerprint density at radius 2 is 1.93 bits per heavy atom. The molecule has 0 aromatic rings. The quantitative estimate of drug-likeness (QED) is 0.272. The van der Waals surface area contributed by atoms with Crippen LogP contribution in [0.3, 0.4) is 0 Å². The van der Waals surface area contributed by atoms with Gasteiger partial charge in [-0.2, -0.15) is 0 Å². The number of ether oxygens (including phenoxy) is 3. The van der Waals surface area contributed by atoms with Crippen LogP contribution >= 0.6 is 0 Å². The molecule has 0 aliphatic rings. The molecule has 0 aromatic carbocycles. The second kappa shape index (κ2) is 8.56. The van der Waals surface area contributed by atoms with Gasteiger partial charge in [-0.25, -0.2) is 4.79 Å². The summed E-state index contributed by atoms with van der Waals surface area (Å²) in [5.74, 6) is -0.344. The van der Waals surface area contributed by atoms with Gasteiger partial charge in [-0.3, -0.25) is 0 Å². The zero-order valence-electron chi connectivity index (χ0n) is 9.04. The molecule has 82 valence electrons. The van der Waals surface area contributed by atoms with E-state index in [1.165, 1.54) is 6.26 Å². The Morgan fingerprint density at radius 3 is 2.50 bits per heavy atom. The number of hydrogen-bond donors (Lipinski definition) is 0. The topological polar surface area (TPSA) is 44.8 Å². The summed E-state index contributed by atoms with van der Waals surface area (Å²) in [5.41, 5.74) is 0.461. The first kappa shape index (κ1) is 13.0. The van der Waals surface area contributed by atoms with Gasteiger partial charge in [0, 0.05) is 6.61 Å². The normalized spacial score (nSPS) is 11.2. The molecule has 0 saturated carbocycles. The van der Waals surface area contributed by atoms with Gasteiger partial charge in [-0.15, -0.1) is 0 Å². The maximum atomic E-state index is 11.1. The smallest absolute Gasteiger partial charge is 0.336 e. The summed E-state index contributed by atoms with van der Waals surface area (Å²) in [7, 11) is 0. The molecule has 0 aliphatic heterocycles. The summed E-state index contributed by atoms with van der Waals surface area (Å²) in [6.45, 7) is 7.36. The van der Waals surface area contributed by atoms with Crippen molar-refractivity contribution >= 4 is 5.97 Å². The highest BCUT2D eigenvalue weighted by atomic mass is 16.5. The van der Waals surface area contributed by atoms with E-state index in [1.807, 2.05) is 6.92 Å². The first-order valence-electron chi connectivity index (χ1n) is 4.75. The molecule has 0 N–H and O–H groups in total. The summed E-state index contributed by atoms with van der Waals surface area (Å²) >= 11 is 0. The monoisotopic (exact) mass is 202 g/mol. The summed E-state index contributed by atoms with van der Waals surface area (Å²) in [5, 5.41) is 0. The minimum absolute atomic E-state index is 0.344. The van der Waals surface area contributed by atoms with Crippen molar-refractivity contribution in [2.75, 3.05) is 26.4 Å². The minimum atomic E-state index is -0.344. The van der Waals surface area contributed by atoms with Crippen LogP contribution in [0.2, 0.25) is 0 Å². The van der Waals surface area contributed by atoms with E-state index in [9.17, 15) is 4.79 Å². The van der Waals surface area contributed by atoms with Crippen molar-refractivity contribution in [1.29, 1.82) is 0 Å². The molecule has 0 atom stereocenters. The third-order valence-electron chi connectivity index (χ3n) is 1.41. The van der Waals surface area contributed by atoms with Crippen molar-refractivity contribution in [2.45, 2.75) is 20.8 Å². The average molecular weight is 202 g/mol. The number of carbonyl (C=O) groups excluding carboxylic acids is 1. The number of rotatable bonds is 7. The van der Waals surface area contributed by atoms with Crippen LogP contribution < -0.4 is 0 Å². The van der Waals surface area contributed by atoms with Crippen LogP contribution in [0, 0.1) is 0 Å². The molecule has 0 spiro atoms. The van der Waals surface area contributed by atoms with Crippen molar-refractivity contribution in [3.63, 3.8) is 0 Å². The zero-order valence-corrected chi connectivity index (χ0v) is 9.04. The van der Waals surface area contributed by atoms with Gasteiger partial charge in [-0.05, 0) is 20.8 Å². The van der Waals surface area contributed by atoms with E-state index in [0.29, 0.717) is 32.0 Å². The molecule has 0 saturated heterocycles. The fraction of sp³-hybridized carbons (Fsp3) is 0.700. The predicted molar refractivity (Wildman–Crippen MR) is 52.8 cm³/mol. The van der Waals surface area contributed by atoms with Crippen LogP contribution in [0.25, 0.3) is 0 Å². The molecule has 0 rings (SSSR count). The van der Waals surface area contributed by atoms with Crippen molar-refractivity contribution in [3.05, 3.63) is 11.8 Å². The predicted octanol–water partition coefficient (Wildman–Crippen LogP) is 1.51. The maximum Gasteiger partial charge on any atom is 0.336 e. The molecule has 0 radical (unpaired) electrons. The van der Waals surface area contributed by atoms with Gasteiger partial charge in [0.2, 0.25) is 0 Å². The van der Waals surface area contributed by atoms with E-state index in [1.54, 1.807) is 13.8 Å². The summed E-state index contributed by atoms with van der Waals surface area (Å²) in [4.78, 5) is 11.1. The highest BCUT2D eigenvalue weighted by molar-refractivity contribution is 5.87. The fourth-order valence-corrected chi connectivity index (χ4v) is 0.728. The van der Waals surface area contributed by atoms with Gasteiger partial charge in [0.25, 0.3) is 0 Å². The number of carbonyl (C=O) groups is 1. The van der Waals surface area contributed by atoms with Crippen molar-refractivity contribution < 1.29 is 19.0 Å². The summed E-state index contributed by atoms with van der Waals surface area (Å²) in [6, 6.07) is 0. The molecule has 0 heterocycles. The Morgan fingerprint density at radius 1 is 1.21 bits per heavy atom. The largest absolute Gasteiger partial charge is 0.498 e. The molecule has 0 fully saturated rings. The Balaban J connectivity index is 3.60. The molecule has 0 aliphatic carbocycles. The van der Waals surface area contributed by atoms with Crippen LogP contribution in [0.4, 0.5) is 0 Å². The standard InChI is InChI=1S/C10H18O4/c1-4-12-6-7-13-8-9(3)10(11)14-5-2/h8H,4-7H2,1-3H3/b9-8+. The Hall–Kier alpha value is -1.03. The van der Waals surface area contributed by atoms with Gasteiger partial charge in [0.15, 0.2) is 0 Å². The van der Waals surface area contributed by atoms with Crippen LogP contribution in [-0.2, 0) is 19.0 Å². The molecule has 0 bridgehead atoms. The Bertz CT molecular complexity index is 187. The lowest BCUT2D eigenvalue weighted by Crippen LogP contribution is -2.06. The van der Waals surface area contributed by atoms with Crippen LogP contribution in [0.1, 0.15) is 20.8 Å². The third kappa shape index (κ3) is 6.48. The molecule has 0 amide bonds. The van der Waals surface area contributed by atoms with E-state index in [2.05, 4.69) is 0 Å². The maximum absolute atomic E-state index is 11.1. The second-order valence-electron chi connectivity index (χ2n) is 2.59. The Labute approximate surface area is 84.8 Å². The number of hydrogen-bond acceptors (Lipinski definition) is 4. The summed E-state index contributed by atoms with van der Waals surface area (Å²) < 4.78 is 14.9. The highest BCUT2D eigenvalue weighted by Gasteiger charge is 2.03. The van der Waals surface area contributed by atoms with Gasteiger partial charge in [-0.1, -0.05) is 0 Å². The van der Waals surface area contributed by atoms with E-state index < -0.39 is 0 Å². The lowest BCUT2D eigenvalue weighted by molar-refractivity contribution is -0.138. The van der Waals surface area contributed by atoms with Gasteiger partial charge < -0.3 is 14.2 Å². The van der Waals surface area contributed by atoms with Gasteiger partial charge in [0.1, 0.15) is 6.61 Å². The SMILES string of the molecule is CCOCCO/C=C(\C)C(=O)OCC. The van der Waals surface area contributed by atoms with Crippen LogP contribution in [0.5, 0.6) is 0 Å².